The van der Waals surface area contributed by atoms with E-state index in [-0.39, 0.29) is 22.9 Å². The number of hydrazine groups is 1. The highest BCUT2D eigenvalue weighted by atomic mass is 32.2. The number of fused-ring (bicyclic) bond motifs is 1. The van der Waals surface area contributed by atoms with E-state index in [0.29, 0.717) is 17.1 Å². The van der Waals surface area contributed by atoms with Crippen LogP contribution in [0.1, 0.15) is 15.9 Å². The summed E-state index contributed by atoms with van der Waals surface area (Å²) in [4.78, 5) is 23.9. The van der Waals surface area contributed by atoms with Gasteiger partial charge in [0.15, 0.2) is 11.5 Å². The van der Waals surface area contributed by atoms with E-state index in [2.05, 4.69) is 0 Å². The number of hydrogen-bond acceptors (Lipinski definition) is 7. The first kappa shape index (κ1) is 17.6. The molecule has 0 atom stereocenters. The van der Waals surface area contributed by atoms with E-state index in [4.69, 9.17) is 9.47 Å². The molecule has 0 saturated heterocycles. The number of sulfonamides is 1. The third kappa shape index (κ3) is 3.43. The first-order valence-electron chi connectivity index (χ1n) is 7.25. The molecule has 1 amide bonds. The highest BCUT2D eigenvalue weighted by Gasteiger charge is 2.21. The van der Waals surface area contributed by atoms with Crippen LogP contribution in [-0.2, 0) is 10.0 Å². The van der Waals surface area contributed by atoms with Crippen molar-refractivity contribution >= 4 is 21.6 Å². The molecule has 0 saturated carbocycles. The van der Waals surface area contributed by atoms with Crippen LogP contribution < -0.4 is 19.7 Å². The van der Waals surface area contributed by atoms with Gasteiger partial charge in [-0.15, -0.1) is 4.83 Å². The Morgan fingerprint density at radius 1 is 1.15 bits per heavy atom. The van der Waals surface area contributed by atoms with Gasteiger partial charge in [-0.2, -0.15) is 0 Å². The van der Waals surface area contributed by atoms with Crippen LogP contribution in [0, 0.1) is 17.0 Å². The van der Waals surface area contributed by atoms with Gasteiger partial charge >= 0.3 is 0 Å². The first-order valence-corrected chi connectivity index (χ1v) is 8.73. The maximum atomic E-state index is 12.2. The van der Waals surface area contributed by atoms with Crippen LogP contribution in [0.2, 0.25) is 0 Å². The summed E-state index contributed by atoms with van der Waals surface area (Å²) in [5, 5.41) is 10.9. The number of carbonyl (C=O) groups excluding carboxylic acids is 1. The molecule has 2 aromatic carbocycles. The van der Waals surface area contributed by atoms with Gasteiger partial charge in [-0.3, -0.25) is 20.3 Å². The summed E-state index contributed by atoms with van der Waals surface area (Å²) >= 11 is 0. The number of ether oxygens (including phenoxy) is 2. The van der Waals surface area contributed by atoms with Crippen LogP contribution in [-0.4, -0.2) is 26.0 Å². The van der Waals surface area contributed by atoms with Crippen molar-refractivity contribution in [2.24, 2.45) is 0 Å². The molecule has 26 heavy (non-hydrogen) atoms. The molecule has 0 radical (unpaired) electrons. The molecule has 1 aliphatic heterocycles. The molecule has 0 fully saturated rings. The van der Waals surface area contributed by atoms with Crippen molar-refractivity contribution in [3.8, 4) is 11.5 Å². The Bertz CT molecular complexity index is 1000. The predicted molar refractivity (Wildman–Crippen MR) is 88.2 cm³/mol. The summed E-state index contributed by atoms with van der Waals surface area (Å²) < 4.78 is 34.8. The van der Waals surface area contributed by atoms with E-state index in [9.17, 15) is 23.3 Å². The second-order valence-corrected chi connectivity index (χ2v) is 7.02. The molecule has 10 nitrogen and oxygen atoms in total. The van der Waals surface area contributed by atoms with Gasteiger partial charge in [0.05, 0.1) is 9.82 Å². The summed E-state index contributed by atoms with van der Waals surface area (Å²) in [6.45, 7) is 1.53. The van der Waals surface area contributed by atoms with Crippen LogP contribution in [0.5, 0.6) is 11.5 Å². The number of amides is 1. The molecule has 0 unspecified atom stereocenters. The Morgan fingerprint density at radius 3 is 2.62 bits per heavy atom. The summed E-state index contributed by atoms with van der Waals surface area (Å²) in [6.07, 6.45) is 0. The summed E-state index contributed by atoms with van der Waals surface area (Å²) in [5.74, 6) is 0.122. The molecule has 1 heterocycles. The minimum Gasteiger partial charge on any atom is -0.454 e. The van der Waals surface area contributed by atoms with Gasteiger partial charge in [-0.25, -0.2) is 8.42 Å². The number of nitrogens with one attached hydrogen (secondary N) is 2. The predicted octanol–water partition coefficient (Wildman–Crippen LogP) is 1.26. The molecule has 0 spiro atoms. The molecule has 0 aliphatic carbocycles. The van der Waals surface area contributed by atoms with Gasteiger partial charge in [0.25, 0.3) is 21.6 Å². The maximum Gasteiger partial charge on any atom is 0.273 e. The SMILES string of the molecule is Cc1ccc(S(=O)(=O)NNC(=O)c2ccc3c(c2)OCO3)cc1[N+](=O)[O-]. The van der Waals surface area contributed by atoms with Crippen molar-refractivity contribution in [3.05, 3.63) is 57.6 Å². The van der Waals surface area contributed by atoms with Crippen molar-refractivity contribution in [1.29, 1.82) is 0 Å². The molecule has 136 valence electrons. The molecule has 2 N–H and O–H groups in total. The van der Waals surface area contributed by atoms with Crippen molar-refractivity contribution in [2.75, 3.05) is 6.79 Å². The largest absolute Gasteiger partial charge is 0.454 e. The fraction of sp³-hybridized carbons (Fsp3) is 0.133. The van der Waals surface area contributed by atoms with E-state index in [0.717, 1.165) is 6.07 Å². The number of nitrogens with zero attached hydrogens (tertiary/aromatic N) is 1. The third-order valence-electron chi connectivity index (χ3n) is 3.62. The Labute approximate surface area is 147 Å². The Balaban J connectivity index is 1.75. The molecule has 2 aromatic rings. The fourth-order valence-corrected chi connectivity index (χ4v) is 3.09. The zero-order valence-electron chi connectivity index (χ0n) is 13.4. The van der Waals surface area contributed by atoms with E-state index in [1.807, 2.05) is 10.3 Å². The monoisotopic (exact) mass is 379 g/mol. The Morgan fingerprint density at radius 2 is 1.88 bits per heavy atom. The van der Waals surface area contributed by atoms with E-state index in [1.54, 1.807) is 0 Å². The van der Waals surface area contributed by atoms with Gasteiger partial charge in [-0.1, -0.05) is 6.07 Å². The lowest BCUT2D eigenvalue weighted by Crippen LogP contribution is -2.41. The summed E-state index contributed by atoms with van der Waals surface area (Å²) in [5.41, 5.74) is 2.17. The first-order chi connectivity index (χ1) is 12.3. The van der Waals surface area contributed by atoms with Gasteiger partial charge in [0.2, 0.25) is 6.79 Å². The van der Waals surface area contributed by atoms with Crippen LogP contribution in [0.15, 0.2) is 41.3 Å². The second-order valence-electron chi connectivity index (χ2n) is 5.33. The fourth-order valence-electron chi connectivity index (χ4n) is 2.24. The van der Waals surface area contributed by atoms with Crippen LogP contribution >= 0.6 is 0 Å². The summed E-state index contributed by atoms with van der Waals surface area (Å²) in [6, 6.07) is 7.81. The third-order valence-corrected chi connectivity index (χ3v) is 4.87. The normalized spacial score (nSPS) is 12.7. The average molecular weight is 379 g/mol. The van der Waals surface area contributed by atoms with Crippen molar-refractivity contribution in [2.45, 2.75) is 11.8 Å². The number of nitro benzene ring substituents is 1. The number of rotatable bonds is 5. The number of carbonyl (C=O) groups is 1. The topological polar surface area (TPSA) is 137 Å². The lowest BCUT2D eigenvalue weighted by molar-refractivity contribution is -0.385. The van der Waals surface area contributed by atoms with E-state index < -0.39 is 20.9 Å². The quantitative estimate of drug-likeness (QED) is 0.589. The second kappa shape index (κ2) is 6.61. The lowest BCUT2D eigenvalue weighted by Gasteiger charge is -2.09. The van der Waals surface area contributed by atoms with Crippen LogP contribution in [0.4, 0.5) is 5.69 Å². The van der Waals surface area contributed by atoms with E-state index in [1.165, 1.54) is 37.3 Å². The molecular formula is C15H13N3O7S. The number of hydrogen-bond donors (Lipinski definition) is 2. The van der Waals surface area contributed by atoms with Crippen LogP contribution in [0.3, 0.4) is 0 Å². The summed E-state index contributed by atoms with van der Waals surface area (Å²) in [7, 11) is -4.19. The standard InChI is InChI=1S/C15H13N3O7S/c1-9-2-4-11(7-12(9)18(20)21)26(22,23)17-16-15(19)10-3-5-13-14(6-10)25-8-24-13/h2-7,17H,8H2,1H3,(H,16,19). The van der Waals surface area contributed by atoms with Crippen molar-refractivity contribution < 1.29 is 27.6 Å². The molecular weight excluding hydrogens is 366 g/mol. The van der Waals surface area contributed by atoms with Crippen molar-refractivity contribution in [1.82, 2.24) is 10.3 Å². The smallest absolute Gasteiger partial charge is 0.273 e. The van der Waals surface area contributed by atoms with Crippen molar-refractivity contribution in [3.63, 3.8) is 0 Å². The Hall–Kier alpha value is -3.18. The van der Waals surface area contributed by atoms with Gasteiger partial charge < -0.3 is 9.47 Å². The highest BCUT2D eigenvalue weighted by molar-refractivity contribution is 7.89. The molecule has 0 aromatic heterocycles. The number of aryl methyl sites for hydroxylation is 1. The molecule has 1 aliphatic rings. The van der Waals surface area contributed by atoms with Gasteiger partial charge in [0.1, 0.15) is 0 Å². The van der Waals surface area contributed by atoms with Gasteiger partial charge in [-0.05, 0) is 31.2 Å². The highest BCUT2D eigenvalue weighted by Crippen LogP contribution is 2.32. The minimum atomic E-state index is -4.19. The van der Waals surface area contributed by atoms with Gasteiger partial charge in [0, 0.05) is 17.2 Å². The maximum absolute atomic E-state index is 12.2. The zero-order valence-corrected chi connectivity index (χ0v) is 14.2. The zero-order chi connectivity index (χ0) is 18.9. The van der Waals surface area contributed by atoms with Crippen LogP contribution in [0.25, 0.3) is 0 Å². The number of benzene rings is 2. The minimum absolute atomic E-state index is 0.0409. The Kier molecular flexibility index (Phi) is 4.49. The average Bonchev–Trinajstić information content (AvgIpc) is 3.07. The molecule has 0 bridgehead atoms. The molecule has 11 heteroatoms. The molecule has 3 rings (SSSR count). The van der Waals surface area contributed by atoms with E-state index >= 15 is 0 Å². The number of nitro groups is 1. The lowest BCUT2D eigenvalue weighted by atomic mass is 10.2.